The first kappa shape index (κ1) is 11.5. The smallest absolute Gasteiger partial charge is 0.269 e. The highest BCUT2D eigenvalue weighted by molar-refractivity contribution is 6.30. The second-order valence-corrected chi connectivity index (χ2v) is 3.63. The molecule has 88 valence electrons. The van der Waals surface area contributed by atoms with Gasteiger partial charge in [0.25, 0.3) is 5.88 Å². The molecule has 1 heterocycles. The van der Waals surface area contributed by atoms with Gasteiger partial charge in [-0.05, 0) is 12.1 Å². The molecule has 5 nitrogen and oxygen atoms in total. The second kappa shape index (κ2) is 4.50. The number of ketones is 1. The van der Waals surface area contributed by atoms with Crippen LogP contribution in [0.5, 0.6) is 11.6 Å². The molecule has 0 saturated heterocycles. The lowest BCUT2D eigenvalue weighted by atomic mass is 10.3. The summed E-state index contributed by atoms with van der Waals surface area (Å²) in [6, 6.07) is 3.91. The first-order valence-electron chi connectivity index (χ1n) is 4.63. The minimum atomic E-state index is -0.614. The van der Waals surface area contributed by atoms with Crippen molar-refractivity contribution < 1.29 is 13.9 Å². The Kier molecular flexibility index (Phi) is 3.06. The Labute approximate surface area is 101 Å². The van der Waals surface area contributed by atoms with Gasteiger partial charge in [0.15, 0.2) is 11.5 Å². The van der Waals surface area contributed by atoms with Crippen molar-refractivity contribution in [2.24, 2.45) is 0 Å². The molecule has 0 saturated carbocycles. The normalized spacial score (nSPS) is 10.3. The highest BCUT2D eigenvalue weighted by Gasteiger charge is 2.14. The summed E-state index contributed by atoms with van der Waals surface area (Å²) in [7, 11) is 0. The van der Waals surface area contributed by atoms with Crippen molar-refractivity contribution in [1.82, 2.24) is 15.4 Å². The van der Waals surface area contributed by atoms with Crippen LogP contribution in [0, 0.1) is 5.82 Å². The number of hydrogen-bond donors (Lipinski definition) is 1. The lowest BCUT2D eigenvalue weighted by Crippen LogP contribution is -1.96. The number of benzene rings is 1. The average Bonchev–Trinajstić information content (AvgIpc) is 2.72. The molecule has 0 radical (unpaired) electrons. The number of nitrogens with zero attached hydrogens (tertiary/aromatic N) is 2. The molecule has 1 aromatic heterocycles. The Morgan fingerprint density at radius 1 is 1.53 bits per heavy atom. The van der Waals surface area contributed by atoms with Crippen LogP contribution in [-0.2, 0) is 0 Å². The zero-order valence-electron chi connectivity index (χ0n) is 8.70. The lowest BCUT2D eigenvalue weighted by Gasteiger charge is -2.03. The largest absolute Gasteiger partial charge is 0.436 e. The van der Waals surface area contributed by atoms with Crippen LogP contribution in [0.3, 0.4) is 0 Å². The molecule has 2 rings (SSSR count). The predicted octanol–water partition coefficient (Wildman–Crippen LogP) is 2.59. The van der Waals surface area contributed by atoms with Gasteiger partial charge in [0.05, 0.1) is 5.02 Å². The van der Waals surface area contributed by atoms with Gasteiger partial charge >= 0.3 is 0 Å². The van der Waals surface area contributed by atoms with Gasteiger partial charge in [-0.25, -0.2) is 4.39 Å². The molecule has 0 aliphatic heterocycles. The Morgan fingerprint density at radius 3 is 2.94 bits per heavy atom. The van der Waals surface area contributed by atoms with E-state index in [2.05, 4.69) is 15.4 Å². The summed E-state index contributed by atoms with van der Waals surface area (Å²) in [5.41, 5.74) is 0.125. The van der Waals surface area contributed by atoms with E-state index in [1.807, 2.05) is 0 Å². The van der Waals surface area contributed by atoms with E-state index in [4.69, 9.17) is 16.3 Å². The molecule has 0 unspecified atom stereocenters. The Morgan fingerprint density at radius 2 is 2.29 bits per heavy atom. The first-order valence-corrected chi connectivity index (χ1v) is 5.00. The van der Waals surface area contributed by atoms with Crippen molar-refractivity contribution in [2.75, 3.05) is 0 Å². The standard InChI is InChI=1S/C10H7ClFN3O2/c1-5(16)9-10(14-15-13-9)17-6-2-3-7(11)8(12)4-6/h2-4H,1H3,(H,13,14,15). The van der Waals surface area contributed by atoms with Gasteiger partial charge < -0.3 is 4.74 Å². The number of nitrogens with one attached hydrogen (secondary N) is 1. The number of carbonyl (C=O) groups excluding carboxylic acids is 1. The third-order valence-corrected chi connectivity index (χ3v) is 2.28. The summed E-state index contributed by atoms with van der Waals surface area (Å²) in [5.74, 6) is -0.709. The van der Waals surface area contributed by atoms with Gasteiger partial charge in [0.2, 0.25) is 0 Å². The highest BCUT2D eigenvalue weighted by Crippen LogP contribution is 2.25. The molecule has 0 bridgehead atoms. The zero-order chi connectivity index (χ0) is 12.4. The number of carbonyl (C=O) groups is 1. The number of ether oxygens (including phenoxy) is 1. The molecule has 0 amide bonds. The summed E-state index contributed by atoms with van der Waals surface area (Å²) >= 11 is 5.53. The van der Waals surface area contributed by atoms with Crippen LogP contribution in [0.15, 0.2) is 18.2 Å². The second-order valence-electron chi connectivity index (χ2n) is 3.23. The average molecular weight is 256 g/mol. The molecule has 0 fully saturated rings. The van der Waals surface area contributed by atoms with Gasteiger partial charge in [0.1, 0.15) is 11.6 Å². The molecular weight excluding hydrogens is 249 g/mol. The Bertz CT molecular complexity index is 570. The molecule has 1 N–H and O–H groups in total. The molecule has 0 spiro atoms. The summed E-state index contributed by atoms with van der Waals surface area (Å²) in [6.07, 6.45) is 0. The highest BCUT2D eigenvalue weighted by atomic mass is 35.5. The molecule has 17 heavy (non-hydrogen) atoms. The van der Waals surface area contributed by atoms with Crippen molar-refractivity contribution in [2.45, 2.75) is 6.92 Å². The number of Topliss-reactive ketones (excluding diaryl/α,β-unsaturated/α-hetero) is 1. The molecule has 0 atom stereocenters. The molecule has 0 aliphatic carbocycles. The van der Waals surface area contributed by atoms with Gasteiger partial charge in [-0.2, -0.15) is 0 Å². The van der Waals surface area contributed by atoms with Crippen LogP contribution >= 0.6 is 11.6 Å². The van der Waals surface area contributed by atoms with Crippen LogP contribution in [-0.4, -0.2) is 21.2 Å². The minimum Gasteiger partial charge on any atom is -0.436 e. The first-order chi connectivity index (χ1) is 8.08. The van der Waals surface area contributed by atoms with Gasteiger partial charge in [-0.1, -0.05) is 21.9 Å². The summed E-state index contributed by atoms with van der Waals surface area (Å²) < 4.78 is 18.4. The molecule has 1 aromatic carbocycles. The van der Waals surface area contributed by atoms with Gasteiger partial charge in [-0.15, -0.1) is 0 Å². The fraction of sp³-hybridized carbons (Fsp3) is 0.100. The van der Waals surface area contributed by atoms with Gasteiger partial charge in [-0.3, -0.25) is 9.89 Å². The van der Waals surface area contributed by atoms with Crippen molar-refractivity contribution in [3.8, 4) is 11.6 Å². The lowest BCUT2D eigenvalue weighted by molar-refractivity contribution is 0.101. The van der Waals surface area contributed by atoms with E-state index < -0.39 is 5.82 Å². The van der Waals surface area contributed by atoms with Crippen LogP contribution in [0.2, 0.25) is 5.02 Å². The number of rotatable bonds is 3. The number of aromatic amines is 1. The quantitative estimate of drug-likeness (QED) is 0.856. The Hall–Kier alpha value is -1.95. The monoisotopic (exact) mass is 255 g/mol. The maximum absolute atomic E-state index is 13.1. The predicted molar refractivity (Wildman–Crippen MR) is 57.9 cm³/mol. The molecule has 0 aliphatic rings. The zero-order valence-corrected chi connectivity index (χ0v) is 9.45. The number of halogens is 2. The summed E-state index contributed by atoms with van der Waals surface area (Å²) in [4.78, 5) is 11.2. The van der Waals surface area contributed by atoms with E-state index in [1.54, 1.807) is 0 Å². The van der Waals surface area contributed by atoms with Crippen molar-refractivity contribution in [1.29, 1.82) is 0 Å². The van der Waals surface area contributed by atoms with E-state index in [0.717, 1.165) is 6.07 Å². The van der Waals surface area contributed by atoms with Crippen LogP contribution < -0.4 is 4.74 Å². The van der Waals surface area contributed by atoms with E-state index in [-0.39, 0.29) is 28.1 Å². The fourth-order valence-corrected chi connectivity index (χ4v) is 1.29. The topological polar surface area (TPSA) is 67.9 Å². The maximum Gasteiger partial charge on any atom is 0.269 e. The van der Waals surface area contributed by atoms with Crippen LogP contribution in [0.1, 0.15) is 17.4 Å². The minimum absolute atomic E-state index is 0.000720. The number of H-pyrrole nitrogens is 1. The van der Waals surface area contributed by atoms with E-state index in [0.29, 0.717) is 0 Å². The Balaban J connectivity index is 2.28. The van der Waals surface area contributed by atoms with E-state index in [9.17, 15) is 9.18 Å². The van der Waals surface area contributed by atoms with Crippen LogP contribution in [0.4, 0.5) is 4.39 Å². The SMILES string of the molecule is CC(=O)c1[nH]nnc1Oc1ccc(Cl)c(F)c1. The molecular formula is C10H7ClFN3O2. The van der Waals surface area contributed by atoms with E-state index in [1.165, 1.54) is 19.1 Å². The van der Waals surface area contributed by atoms with Crippen molar-refractivity contribution in [3.63, 3.8) is 0 Å². The maximum atomic E-state index is 13.1. The third-order valence-electron chi connectivity index (χ3n) is 1.97. The van der Waals surface area contributed by atoms with E-state index >= 15 is 0 Å². The van der Waals surface area contributed by atoms with Crippen molar-refractivity contribution in [3.05, 3.63) is 34.7 Å². The number of aromatic nitrogens is 3. The van der Waals surface area contributed by atoms with Crippen LogP contribution in [0.25, 0.3) is 0 Å². The number of hydrogen-bond acceptors (Lipinski definition) is 4. The third kappa shape index (κ3) is 2.42. The fourth-order valence-electron chi connectivity index (χ4n) is 1.17. The summed E-state index contributed by atoms with van der Waals surface area (Å²) in [5, 5.41) is 9.41. The summed E-state index contributed by atoms with van der Waals surface area (Å²) in [6.45, 7) is 1.34. The van der Waals surface area contributed by atoms with Gasteiger partial charge in [0, 0.05) is 13.0 Å². The molecule has 2 aromatic rings. The van der Waals surface area contributed by atoms with Crippen molar-refractivity contribution >= 4 is 17.4 Å². The molecule has 7 heteroatoms.